The van der Waals surface area contributed by atoms with Gasteiger partial charge in [0.2, 0.25) is 0 Å². The van der Waals surface area contributed by atoms with Crippen molar-refractivity contribution in [1.82, 2.24) is 5.48 Å². The zero-order valence-corrected chi connectivity index (χ0v) is 7.65. The van der Waals surface area contributed by atoms with Crippen molar-refractivity contribution in [2.75, 3.05) is 0 Å². The third-order valence-electron chi connectivity index (χ3n) is 1.65. The normalized spacial score (nSPS) is 11.8. The summed E-state index contributed by atoms with van der Waals surface area (Å²) >= 11 is 5.44. The SMILES string of the molecule is ONCc1ccc(Cl)cc1C(F)(F)F. The summed E-state index contributed by atoms with van der Waals surface area (Å²) in [7, 11) is 0. The Morgan fingerprint density at radius 1 is 1.36 bits per heavy atom. The van der Waals surface area contributed by atoms with E-state index in [1.165, 1.54) is 12.1 Å². The topological polar surface area (TPSA) is 32.3 Å². The Morgan fingerprint density at radius 2 is 2.00 bits per heavy atom. The number of nitrogens with one attached hydrogen (secondary N) is 1. The van der Waals surface area contributed by atoms with E-state index in [-0.39, 0.29) is 17.1 Å². The first kappa shape index (κ1) is 11.3. The number of halogens is 4. The van der Waals surface area contributed by atoms with Crippen LogP contribution < -0.4 is 5.48 Å². The smallest absolute Gasteiger partial charge is 0.316 e. The van der Waals surface area contributed by atoms with E-state index in [1.54, 1.807) is 5.48 Å². The summed E-state index contributed by atoms with van der Waals surface area (Å²) in [6.45, 7) is -0.272. The molecule has 0 fully saturated rings. The predicted octanol–water partition coefficient (Wildman–Crippen LogP) is 2.84. The van der Waals surface area contributed by atoms with E-state index in [9.17, 15) is 13.2 Å². The molecule has 1 rings (SSSR count). The molecule has 1 aromatic carbocycles. The standard InChI is InChI=1S/C8H7ClF3NO/c9-6-2-1-5(4-13-14)7(3-6)8(10,11)12/h1-3,13-14H,4H2. The fourth-order valence-corrected chi connectivity index (χ4v) is 1.22. The van der Waals surface area contributed by atoms with E-state index in [0.717, 1.165) is 6.07 Å². The fourth-order valence-electron chi connectivity index (χ4n) is 1.05. The molecule has 6 heteroatoms. The molecule has 2 N–H and O–H groups in total. The van der Waals surface area contributed by atoms with Crippen molar-refractivity contribution >= 4 is 11.6 Å². The molecule has 0 aliphatic carbocycles. The van der Waals surface area contributed by atoms with Gasteiger partial charge in [-0.05, 0) is 17.7 Å². The highest BCUT2D eigenvalue weighted by Gasteiger charge is 2.33. The predicted molar refractivity (Wildman–Crippen MR) is 45.1 cm³/mol. The van der Waals surface area contributed by atoms with Crippen LogP contribution in [0.1, 0.15) is 11.1 Å². The fraction of sp³-hybridized carbons (Fsp3) is 0.250. The molecule has 0 saturated carbocycles. The lowest BCUT2D eigenvalue weighted by molar-refractivity contribution is -0.138. The second-order valence-corrected chi connectivity index (χ2v) is 3.07. The van der Waals surface area contributed by atoms with E-state index in [0.29, 0.717) is 0 Å². The number of rotatable bonds is 2. The highest BCUT2D eigenvalue weighted by Crippen LogP contribution is 2.33. The summed E-state index contributed by atoms with van der Waals surface area (Å²) in [6.07, 6.45) is -4.46. The molecule has 1 aromatic rings. The van der Waals surface area contributed by atoms with Crippen molar-refractivity contribution in [2.45, 2.75) is 12.7 Å². The molecule has 0 aliphatic rings. The van der Waals surface area contributed by atoms with Crippen LogP contribution in [0.5, 0.6) is 0 Å². The summed E-state index contributed by atoms with van der Waals surface area (Å²) in [5.41, 5.74) is 0.780. The van der Waals surface area contributed by atoms with E-state index in [2.05, 4.69) is 0 Å². The van der Waals surface area contributed by atoms with Crippen molar-refractivity contribution in [3.63, 3.8) is 0 Å². The average molecular weight is 226 g/mol. The third kappa shape index (κ3) is 2.60. The Morgan fingerprint density at radius 3 is 2.50 bits per heavy atom. The van der Waals surface area contributed by atoms with Crippen molar-refractivity contribution in [3.05, 3.63) is 34.3 Å². The quantitative estimate of drug-likeness (QED) is 0.759. The Balaban J connectivity index is 3.16. The van der Waals surface area contributed by atoms with Gasteiger partial charge in [-0.3, -0.25) is 0 Å². The second kappa shape index (κ2) is 4.16. The minimum absolute atomic E-state index is 0.0130. The van der Waals surface area contributed by atoms with Gasteiger partial charge < -0.3 is 5.21 Å². The van der Waals surface area contributed by atoms with Crippen LogP contribution in [0.25, 0.3) is 0 Å². The van der Waals surface area contributed by atoms with Crippen LogP contribution in [0.3, 0.4) is 0 Å². The maximum atomic E-state index is 12.4. The van der Waals surface area contributed by atoms with Gasteiger partial charge in [0.25, 0.3) is 0 Å². The first-order chi connectivity index (χ1) is 6.45. The molecule has 0 aromatic heterocycles. The molecule has 14 heavy (non-hydrogen) atoms. The summed E-state index contributed by atoms with van der Waals surface area (Å²) in [6, 6.07) is 3.38. The van der Waals surface area contributed by atoms with Crippen molar-refractivity contribution in [3.8, 4) is 0 Å². The lowest BCUT2D eigenvalue weighted by Crippen LogP contribution is -2.14. The number of hydroxylamine groups is 1. The van der Waals surface area contributed by atoms with Gasteiger partial charge in [-0.2, -0.15) is 13.2 Å². The zero-order valence-electron chi connectivity index (χ0n) is 6.90. The Labute approximate surface area is 83.3 Å². The molecule has 0 unspecified atom stereocenters. The summed E-state index contributed by atoms with van der Waals surface area (Å²) in [4.78, 5) is 0. The van der Waals surface area contributed by atoms with Crippen LogP contribution >= 0.6 is 11.6 Å². The van der Waals surface area contributed by atoms with Gasteiger partial charge in [-0.25, -0.2) is 5.48 Å². The van der Waals surface area contributed by atoms with E-state index >= 15 is 0 Å². The molecule has 0 atom stereocenters. The highest BCUT2D eigenvalue weighted by molar-refractivity contribution is 6.30. The largest absolute Gasteiger partial charge is 0.416 e. The molecular formula is C8H7ClF3NO. The maximum absolute atomic E-state index is 12.4. The van der Waals surface area contributed by atoms with Gasteiger partial charge >= 0.3 is 6.18 Å². The van der Waals surface area contributed by atoms with Crippen LogP contribution in [0.2, 0.25) is 5.02 Å². The molecule has 0 bridgehead atoms. The third-order valence-corrected chi connectivity index (χ3v) is 1.88. The number of hydrogen-bond acceptors (Lipinski definition) is 2. The molecule has 0 radical (unpaired) electrons. The monoisotopic (exact) mass is 225 g/mol. The lowest BCUT2D eigenvalue weighted by atomic mass is 10.1. The average Bonchev–Trinajstić information content (AvgIpc) is 2.07. The van der Waals surface area contributed by atoms with Crippen molar-refractivity contribution < 1.29 is 18.4 Å². The first-order valence-corrected chi connectivity index (χ1v) is 4.05. The summed E-state index contributed by atoms with van der Waals surface area (Å²) < 4.78 is 37.2. The summed E-state index contributed by atoms with van der Waals surface area (Å²) in [5.74, 6) is 0. The van der Waals surface area contributed by atoms with Crippen LogP contribution in [0.15, 0.2) is 18.2 Å². The van der Waals surface area contributed by atoms with Gasteiger partial charge in [-0.15, -0.1) is 0 Å². The Bertz CT molecular complexity index is 327. The highest BCUT2D eigenvalue weighted by atomic mass is 35.5. The van der Waals surface area contributed by atoms with Crippen LogP contribution in [0.4, 0.5) is 13.2 Å². The van der Waals surface area contributed by atoms with Gasteiger partial charge in [0.15, 0.2) is 0 Å². The van der Waals surface area contributed by atoms with Gasteiger partial charge in [0.1, 0.15) is 0 Å². The molecule has 0 saturated heterocycles. The first-order valence-electron chi connectivity index (χ1n) is 3.67. The van der Waals surface area contributed by atoms with Gasteiger partial charge in [-0.1, -0.05) is 17.7 Å². The molecular weight excluding hydrogens is 219 g/mol. The van der Waals surface area contributed by atoms with Crippen LogP contribution in [-0.2, 0) is 12.7 Å². The zero-order chi connectivity index (χ0) is 10.8. The summed E-state index contributed by atoms with van der Waals surface area (Å²) in [5, 5.41) is 8.34. The molecule has 0 spiro atoms. The Kier molecular flexibility index (Phi) is 3.36. The van der Waals surface area contributed by atoms with Gasteiger partial charge in [0, 0.05) is 11.6 Å². The molecule has 0 heterocycles. The van der Waals surface area contributed by atoms with E-state index in [4.69, 9.17) is 16.8 Å². The molecule has 0 amide bonds. The molecule has 0 aliphatic heterocycles. The number of hydrogen-bond donors (Lipinski definition) is 2. The number of benzene rings is 1. The van der Waals surface area contributed by atoms with E-state index < -0.39 is 11.7 Å². The second-order valence-electron chi connectivity index (χ2n) is 2.63. The number of alkyl halides is 3. The minimum Gasteiger partial charge on any atom is -0.316 e. The molecule has 2 nitrogen and oxygen atoms in total. The van der Waals surface area contributed by atoms with Gasteiger partial charge in [0.05, 0.1) is 5.56 Å². The Hall–Kier alpha value is -0.780. The van der Waals surface area contributed by atoms with Crippen LogP contribution in [0, 0.1) is 0 Å². The molecule has 78 valence electrons. The lowest BCUT2D eigenvalue weighted by Gasteiger charge is -2.12. The van der Waals surface area contributed by atoms with E-state index in [1.807, 2.05) is 0 Å². The maximum Gasteiger partial charge on any atom is 0.416 e. The van der Waals surface area contributed by atoms with Crippen molar-refractivity contribution in [1.29, 1.82) is 0 Å². The van der Waals surface area contributed by atoms with Crippen LogP contribution in [-0.4, -0.2) is 5.21 Å². The van der Waals surface area contributed by atoms with Crippen molar-refractivity contribution in [2.24, 2.45) is 0 Å². The minimum atomic E-state index is -4.46.